The third-order valence-corrected chi connectivity index (χ3v) is 3.34. The molecule has 0 heterocycles. The van der Waals surface area contributed by atoms with Crippen LogP contribution in [0.2, 0.25) is 0 Å². The van der Waals surface area contributed by atoms with Gasteiger partial charge in [0.25, 0.3) is 0 Å². The summed E-state index contributed by atoms with van der Waals surface area (Å²) in [5.41, 5.74) is 0. The van der Waals surface area contributed by atoms with E-state index in [0.717, 1.165) is 6.42 Å². The van der Waals surface area contributed by atoms with Gasteiger partial charge in [-0.25, -0.2) is 0 Å². The van der Waals surface area contributed by atoms with Gasteiger partial charge in [0.1, 0.15) is 0 Å². The highest BCUT2D eigenvalue weighted by Gasteiger charge is 2.22. The van der Waals surface area contributed by atoms with Gasteiger partial charge in [0.05, 0.1) is 12.7 Å². The Labute approximate surface area is 75.0 Å². The van der Waals surface area contributed by atoms with Gasteiger partial charge in [-0.1, -0.05) is 13.8 Å². The molecule has 12 heavy (non-hydrogen) atoms. The molecule has 1 atom stereocenters. The monoisotopic (exact) mass is 194 g/mol. The largest absolute Gasteiger partial charge is 0.330 e. The van der Waals surface area contributed by atoms with Crippen molar-refractivity contribution < 1.29 is 13.6 Å². The van der Waals surface area contributed by atoms with E-state index >= 15 is 0 Å². The average Bonchev–Trinajstić information content (AvgIpc) is 2.00. The molecule has 0 spiro atoms. The van der Waals surface area contributed by atoms with Gasteiger partial charge in [0.15, 0.2) is 0 Å². The van der Waals surface area contributed by atoms with Crippen LogP contribution >= 0.6 is 7.60 Å². The molecule has 0 radical (unpaired) electrons. The Morgan fingerprint density at radius 1 is 1.33 bits per heavy atom. The lowest BCUT2D eigenvalue weighted by Crippen LogP contribution is -2.05. The van der Waals surface area contributed by atoms with Crippen molar-refractivity contribution in [3.8, 4) is 0 Å². The number of hydrogen-bond acceptors (Lipinski definition) is 3. The highest BCUT2D eigenvalue weighted by Crippen LogP contribution is 2.48. The highest BCUT2D eigenvalue weighted by molar-refractivity contribution is 7.53. The van der Waals surface area contributed by atoms with Crippen LogP contribution in [0.25, 0.3) is 0 Å². The van der Waals surface area contributed by atoms with E-state index in [1.54, 1.807) is 0 Å². The summed E-state index contributed by atoms with van der Waals surface area (Å²) in [5, 5.41) is 0. The smallest absolute Gasteiger partial charge is 0.309 e. The Hall–Kier alpha value is 0.150. The third kappa shape index (κ3) is 4.91. The molecule has 0 aromatic rings. The molecule has 0 aliphatic carbocycles. The molecule has 0 saturated carbocycles. The fraction of sp³-hybridized carbons (Fsp3) is 1.00. The van der Waals surface area contributed by atoms with Crippen LogP contribution in [-0.2, 0) is 13.6 Å². The third-order valence-electron chi connectivity index (χ3n) is 1.25. The normalized spacial score (nSPS) is 16.4. The van der Waals surface area contributed by atoms with Crippen LogP contribution in [0.5, 0.6) is 0 Å². The lowest BCUT2D eigenvalue weighted by Gasteiger charge is -2.18. The standard InChI is InChI=1S/C8H19O3P/c1-5-7-10-12(9,6-2)11-8(3)4/h8H,5-7H2,1-4H3. The summed E-state index contributed by atoms with van der Waals surface area (Å²) in [6.07, 6.45) is 1.28. The Kier molecular flexibility index (Phi) is 5.81. The van der Waals surface area contributed by atoms with Crippen LogP contribution < -0.4 is 0 Å². The molecule has 0 rings (SSSR count). The van der Waals surface area contributed by atoms with Crippen molar-refractivity contribution in [2.45, 2.75) is 40.2 Å². The molecule has 0 aromatic heterocycles. The summed E-state index contributed by atoms with van der Waals surface area (Å²) in [6.45, 7) is 8.03. The Morgan fingerprint density at radius 3 is 2.25 bits per heavy atom. The van der Waals surface area contributed by atoms with E-state index in [-0.39, 0.29) is 6.10 Å². The quantitative estimate of drug-likeness (QED) is 0.609. The van der Waals surface area contributed by atoms with Crippen LogP contribution in [0.1, 0.15) is 34.1 Å². The molecule has 0 amide bonds. The van der Waals surface area contributed by atoms with Crippen molar-refractivity contribution in [3.05, 3.63) is 0 Å². The Bertz CT molecular complexity index is 156. The first-order chi connectivity index (χ1) is 5.54. The average molecular weight is 194 g/mol. The van der Waals surface area contributed by atoms with Crippen LogP contribution in [-0.4, -0.2) is 18.9 Å². The Morgan fingerprint density at radius 2 is 1.92 bits per heavy atom. The maximum absolute atomic E-state index is 11.7. The van der Waals surface area contributed by atoms with Gasteiger partial charge < -0.3 is 9.05 Å². The molecular weight excluding hydrogens is 175 g/mol. The van der Waals surface area contributed by atoms with E-state index < -0.39 is 7.60 Å². The lowest BCUT2D eigenvalue weighted by atomic mass is 10.5. The fourth-order valence-electron chi connectivity index (χ4n) is 0.748. The first-order valence-electron chi connectivity index (χ1n) is 4.46. The molecule has 4 heteroatoms. The maximum atomic E-state index is 11.7. The molecule has 0 aliphatic rings. The summed E-state index contributed by atoms with van der Waals surface area (Å²) < 4.78 is 22.1. The molecule has 3 nitrogen and oxygen atoms in total. The lowest BCUT2D eigenvalue weighted by molar-refractivity contribution is 0.169. The van der Waals surface area contributed by atoms with Crippen LogP contribution in [0, 0.1) is 0 Å². The second-order valence-corrected chi connectivity index (χ2v) is 5.24. The summed E-state index contributed by atoms with van der Waals surface area (Å²) in [7, 11) is -2.77. The summed E-state index contributed by atoms with van der Waals surface area (Å²) >= 11 is 0. The molecule has 0 bridgehead atoms. The van der Waals surface area contributed by atoms with Crippen molar-refractivity contribution in [3.63, 3.8) is 0 Å². The van der Waals surface area contributed by atoms with Crippen molar-refractivity contribution in [1.29, 1.82) is 0 Å². The number of rotatable bonds is 6. The summed E-state index contributed by atoms with van der Waals surface area (Å²) in [5.74, 6) is 0. The molecule has 74 valence electrons. The molecule has 0 saturated heterocycles. The van der Waals surface area contributed by atoms with Crippen LogP contribution in [0.15, 0.2) is 0 Å². The van der Waals surface area contributed by atoms with E-state index in [4.69, 9.17) is 9.05 Å². The molecule has 0 fully saturated rings. The van der Waals surface area contributed by atoms with Gasteiger partial charge in [-0.3, -0.25) is 4.57 Å². The topological polar surface area (TPSA) is 35.5 Å². The SMILES string of the molecule is CCCOP(=O)(CC)OC(C)C. The van der Waals surface area contributed by atoms with E-state index in [1.165, 1.54) is 0 Å². The zero-order valence-corrected chi connectivity index (χ0v) is 9.27. The van der Waals surface area contributed by atoms with Crippen molar-refractivity contribution >= 4 is 7.60 Å². The Balaban J connectivity index is 3.96. The first-order valence-corrected chi connectivity index (χ1v) is 6.19. The minimum atomic E-state index is -2.77. The molecule has 0 N–H and O–H groups in total. The van der Waals surface area contributed by atoms with Gasteiger partial charge in [-0.15, -0.1) is 0 Å². The van der Waals surface area contributed by atoms with E-state index in [9.17, 15) is 4.57 Å². The summed E-state index contributed by atoms with van der Waals surface area (Å²) in [6, 6.07) is 0. The van der Waals surface area contributed by atoms with Crippen LogP contribution in [0.4, 0.5) is 0 Å². The van der Waals surface area contributed by atoms with Crippen LogP contribution in [0.3, 0.4) is 0 Å². The minimum absolute atomic E-state index is 0.0346. The number of hydrogen-bond donors (Lipinski definition) is 0. The molecule has 1 unspecified atom stereocenters. The molecule has 0 aliphatic heterocycles. The van der Waals surface area contributed by atoms with E-state index in [2.05, 4.69) is 0 Å². The van der Waals surface area contributed by atoms with Gasteiger partial charge in [-0.05, 0) is 20.3 Å². The van der Waals surface area contributed by atoms with Gasteiger partial charge in [0.2, 0.25) is 0 Å². The maximum Gasteiger partial charge on any atom is 0.330 e. The van der Waals surface area contributed by atoms with Crippen molar-refractivity contribution in [2.75, 3.05) is 12.8 Å². The second-order valence-electron chi connectivity index (χ2n) is 2.91. The van der Waals surface area contributed by atoms with E-state index in [0.29, 0.717) is 12.8 Å². The second kappa shape index (κ2) is 5.74. The van der Waals surface area contributed by atoms with Crippen molar-refractivity contribution in [2.24, 2.45) is 0 Å². The van der Waals surface area contributed by atoms with E-state index in [1.807, 2.05) is 27.7 Å². The summed E-state index contributed by atoms with van der Waals surface area (Å²) in [4.78, 5) is 0. The van der Waals surface area contributed by atoms with Gasteiger partial charge in [0, 0.05) is 6.16 Å². The zero-order chi connectivity index (χ0) is 9.61. The highest BCUT2D eigenvalue weighted by atomic mass is 31.2. The van der Waals surface area contributed by atoms with Gasteiger partial charge in [-0.2, -0.15) is 0 Å². The predicted octanol–water partition coefficient (Wildman–Crippen LogP) is 3.05. The zero-order valence-electron chi connectivity index (χ0n) is 8.37. The molecule has 0 aromatic carbocycles. The fourth-order valence-corrected chi connectivity index (χ4v) is 2.24. The first kappa shape index (κ1) is 12.2. The molecular formula is C8H19O3P. The van der Waals surface area contributed by atoms with Crippen molar-refractivity contribution in [1.82, 2.24) is 0 Å². The minimum Gasteiger partial charge on any atom is -0.309 e. The van der Waals surface area contributed by atoms with Gasteiger partial charge >= 0.3 is 7.60 Å². The predicted molar refractivity (Wildman–Crippen MR) is 50.6 cm³/mol.